The second-order valence-corrected chi connectivity index (χ2v) is 4.01. The highest BCUT2D eigenvalue weighted by molar-refractivity contribution is 5.89. The Morgan fingerprint density at radius 2 is 2.00 bits per heavy atom. The topological polar surface area (TPSA) is 78.4 Å². The Bertz CT molecular complexity index is 418. The molecule has 0 fully saturated rings. The maximum atomic E-state index is 11.0. The first-order valence-electron chi connectivity index (χ1n) is 5.87. The summed E-state index contributed by atoms with van der Waals surface area (Å²) >= 11 is 0. The molecule has 98 valence electrons. The molecule has 0 bridgehead atoms. The summed E-state index contributed by atoms with van der Waals surface area (Å²) in [6.45, 7) is 2.72. The zero-order valence-electron chi connectivity index (χ0n) is 10.4. The first-order valence-corrected chi connectivity index (χ1v) is 5.87. The Hall–Kier alpha value is -1.88. The lowest BCUT2D eigenvalue weighted by atomic mass is 10.1. The molecule has 0 aliphatic rings. The van der Waals surface area contributed by atoms with Gasteiger partial charge in [0.05, 0.1) is 0 Å². The Labute approximate surface area is 106 Å². The van der Waals surface area contributed by atoms with Crippen LogP contribution in [0.3, 0.4) is 0 Å². The lowest BCUT2D eigenvalue weighted by molar-refractivity contribution is -0.137. The van der Waals surface area contributed by atoms with Crippen LogP contribution >= 0.6 is 0 Å². The van der Waals surface area contributed by atoms with Crippen molar-refractivity contribution in [3.63, 3.8) is 0 Å². The molecule has 0 unspecified atom stereocenters. The number of para-hydroxylation sites is 1. The third-order valence-corrected chi connectivity index (χ3v) is 2.39. The van der Waals surface area contributed by atoms with Crippen LogP contribution in [0.1, 0.15) is 25.3 Å². The second-order valence-electron chi connectivity index (χ2n) is 4.01. The molecule has 1 rings (SSSR count). The predicted octanol–water partition coefficient (Wildman–Crippen LogP) is 1.60. The maximum absolute atomic E-state index is 11.0. The molecule has 1 aromatic carbocycles. The SMILES string of the molecule is CC(=O)Nc1ccccc1CNCCCC(=O)O. The molecule has 5 heteroatoms. The zero-order valence-corrected chi connectivity index (χ0v) is 10.4. The van der Waals surface area contributed by atoms with Crippen LogP contribution in [-0.2, 0) is 16.1 Å². The molecule has 0 aliphatic carbocycles. The average Bonchev–Trinajstić information content (AvgIpc) is 2.29. The summed E-state index contributed by atoms with van der Waals surface area (Å²) in [7, 11) is 0. The van der Waals surface area contributed by atoms with Gasteiger partial charge in [-0.05, 0) is 24.6 Å². The van der Waals surface area contributed by atoms with Crippen LogP contribution in [0.2, 0.25) is 0 Å². The van der Waals surface area contributed by atoms with E-state index in [-0.39, 0.29) is 12.3 Å². The van der Waals surface area contributed by atoms with E-state index in [0.717, 1.165) is 11.3 Å². The third-order valence-electron chi connectivity index (χ3n) is 2.39. The summed E-state index contributed by atoms with van der Waals surface area (Å²) in [5.74, 6) is -0.885. The van der Waals surface area contributed by atoms with Crippen molar-refractivity contribution in [2.75, 3.05) is 11.9 Å². The molecule has 0 aromatic heterocycles. The minimum atomic E-state index is -0.782. The summed E-state index contributed by atoms with van der Waals surface area (Å²) < 4.78 is 0. The Balaban J connectivity index is 2.41. The monoisotopic (exact) mass is 250 g/mol. The summed E-state index contributed by atoms with van der Waals surface area (Å²) in [4.78, 5) is 21.4. The van der Waals surface area contributed by atoms with Gasteiger partial charge < -0.3 is 15.7 Å². The number of nitrogens with one attached hydrogen (secondary N) is 2. The van der Waals surface area contributed by atoms with Crippen LogP contribution < -0.4 is 10.6 Å². The molecular formula is C13H18N2O3. The van der Waals surface area contributed by atoms with Gasteiger partial charge in [0.1, 0.15) is 0 Å². The van der Waals surface area contributed by atoms with Gasteiger partial charge in [-0.3, -0.25) is 9.59 Å². The largest absolute Gasteiger partial charge is 0.481 e. The van der Waals surface area contributed by atoms with Gasteiger partial charge >= 0.3 is 5.97 Å². The molecule has 0 spiro atoms. The predicted molar refractivity (Wildman–Crippen MR) is 69.3 cm³/mol. The number of benzene rings is 1. The van der Waals surface area contributed by atoms with Gasteiger partial charge in [0.25, 0.3) is 0 Å². The summed E-state index contributed by atoms with van der Waals surface area (Å²) in [6, 6.07) is 7.53. The Kier molecular flexibility index (Phi) is 5.87. The van der Waals surface area contributed by atoms with Crippen molar-refractivity contribution in [1.29, 1.82) is 0 Å². The zero-order chi connectivity index (χ0) is 13.4. The van der Waals surface area contributed by atoms with E-state index in [0.29, 0.717) is 19.5 Å². The van der Waals surface area contributed by atoms with Crippen molar-refractivity contribution >= 4 is 17.6 Å². The first kappa shape index (κ1) is 14.2. The Morgan fingerprint density at radius 1 is 1.28 bits per heavy atom. The van der Waals surface area contributed by atoms with Gasteiger partial charge in [0.2, 0.25) is 5.91 Å². The molecule has 0 saturated carbocycles. The van der Waals surface area contributed by atoms with E-state index in [2.05, 4.69) is 10.6 Å². The average molecular weight is 250 g/mol. The van der Waals surface area contributed by atoms with E-state index >= 15 is 0 Å². The third kappa shape index (κ3) is 5.45. The minimum Gasteiger partial charge on any atom is -0.481 e. The normalized spacial score (nSPS) is 10.1. The van der Waals surface area contributed by atoms with Crippen molar-refractivity contribution in [3.8, 4) is 0 Å². The molecule has 0 atom stereocenters. The quantitative estimate of drug-likeness (QED) is 0.642. The molecule has 0 radical (unpaired) electrons. The van der Waals surface area contributed by atoms with E-state index < -0.39 is 5.97 Å². The fraction of sp³-hybridized carbons (Fsp3) is 0.385. The van der Waals surface area contributed by atoms with Crippen molar-refractivity contribution in [2.45, 2.75) is 26.3 Å². The lowest BCUT2D eigenvalue weighted by Crippen LogP contribution is -2.17. The maximum Gasteiger partial charge on any atom is 0.303 e. The highest BCUT2D eigenvalue weighted by atomic mass is 16.4. The Morgan fingerprint density at radius 3 is 2.67 bits per heavy atom. The fourth-order valence-corrected chi connectivity index (χ4v) is 1.57. The van der Waals surface area contributed by atoms with Gasteiger partial charge in [0, 0.05) is 25.6 Å². The van der Waals surface area contributed by atoms with Crippen LogP contribution in [0.4, 0.5) is 5.69 Å². The molecule has 18 heavy (non-hydrogen) atoms. The highest BCUT2D eigenvalue weighted by Crippen LogP contribution is 2.14. The molecule has 0 aliphatic heterocycles. The van der Waals surface area contributed by atoms with Crippen LogP contribution in [0.5, 0.6) is 0 Å². The van der Waals surface area contributed by atoms with Crippen molar-refractivity contribution in [3.05, 3.63) is 29.8 Å². The van der Waals surface area contributed by atoms with Crippen LogP contribution in [-0.4, -0.2) is 23.5 Å². The van der Waals surface area contributed by atoms with E-state index in [1.807, 2.05) is 24.3 Å². The molecular weight excluding hydrogens is 232 g/mol. The number of hydrogen-bond acceptors (Lipinski definition) is 3. The van der Waals surface area contributed by atoms with E-state index in [1.165, 1.54) is 6.92 Å². The van der Waals surface area contributed by atoms with Gasteiger partial charge in [-0.1, -0.05) is 18.2 Å². The van der Waals surface area contributed by atoms with Crippen molar-refractivity contribution < 1.29 is 14.7 Å². The smallest absolute Gasteiger partial charge is 0.303 e. The molecule has 5 nitrogen and oxygen atoms in total. The van der Waals surface area contributed by atoms with Crippen LogP contribution in [0.15, 0.2) is 24.3 Å². The molecule has 1 aromatic rings. The van der Waals surface area contributed by atoms with Gasteiger partial charge in [-0.2, -0.15) is 0 Å². The molecule has 0 saturated heterocycles. The van der Waals surface area contributed by atoms with Crippen LogP contribution in [0, 0.1) is 0 Å². The summed E-state index contributed by atoms with van der Waals surface area (Å²) in [6.07, 6.45) is 0.762. The number of hydrogen-bond donors (Lipinski definition) is 3. The van der Waals surface area contributed by atoms with E-state index in [9.17, 15) is 9.59 Å². The standard InChI is InChI=1S/C13H18N2O3/c1-10(16)15-12-6-3-2-5-11(12)9-14-8-4-7-13(17)18/h2-3,5-6,14H,4,7-9H2,1H3,(H,15,16)(H,17,18). The minimum absolute atomic E-state index is 0.103. The first-order chi connectivity index (χ1) is 8.59. The number of rotatable bonds is 7. The molecule has 0 heterocycles. The lowest BCUT2D eigenvalue weighted by Gasteiger charge is -2.10. The van der Waals surface area contributed by atoms with Gasteiger partial charge in [-0.25, -0.2) is 0 Å². The number of aliphatic carboxylic acids is 1. The van der Waals surface area contributed by atoms with Gasteiger partial charge in [0.15, 0.2) is 0 Å². The molecule has 3 N–H and O–H groups in total. The molecule has 1 amide bonds. The number of carboxylic acids is 1. The number of carboxylic acid groups (broad SMARTS) is 1. The summed E-state index contributed by atoms with van der Waals surface area (Å²) in [5.41, 5.74) is 1.78. The number of amides is 1. The van der Waals surface area contributed by atoms with E-state index in [4.69, 9.17) is 5.11 Å². The highest BCUT2D eigenvalue weighted by Gasteiger charge is 2.02. The van der Waals surface area contributed by atoms with E-state index in [1.54, 1.807) is 0 Å². The van der Waals surface area contributed by atoms with Crippen LogP contribution in [0.25, 0.3) is 0 Å². The number of carbonyl (C=O) groups excluding carboxylic acids is 1. The fourth-order valence-electron chi connectivity index (χ4n) is 1.57. The number of anilines is 1. The van der Waals surface area contributed by atoms with Gasteiger partial charge in [-0.15, -0.1) is 0 Å². The van der Waals surface area contributed by atoms with Crippen molar-refractivity contribution in [2.24, 2.45) is 0 Å². The second kappa shape index (κ2) is 7.45. The number of carbonyl (C=O) groups is 2. The van der Waals surface area contributed by atoms with Crippen molar-refractivity contribution in [1.82, 2.24) is 5.32 Å². The summed E-state index contributed by atoms with van der Waals surface area (Å²) in [5, 5.41) is 14.4.